The monoisotopic (exact) mass is 255 g/mol. The summed E-state index contributed by atoms with van der Waals surface area (Å²) in [6, 6.07) is 0. The number of nitrogens with zero attached hydrogens (tertiary/aromatic N) is 3. The predicted octanol–water partition coefficient (Wildman–Crippen LogP) is 0.327. The molecule has 0 aromatic carbocycles. The quantitative estimate of drug-likeness (QED) is 0.311. The van der Waals surface area contributed by atoms with Gasteiger partial charge >= 0.3 is 0 Å². The van der Waals surface area contributed by atoms with Crippen molar-refractivity contribution in [3.05, 3.63) is 11.1 Å². The van der Waals surface area contributed by atoms with Crippen molar-refractivity contribution >= 4 is 23.3 Å². The number of aromatic nitrogens is 2. The van der Waals surface area contributed by atoms with Crippen molar-refractivity contribution in [2.45, 2.75) is 31.2 Å². The van der Waals surface area contributed by atoms with Crippen molar-refractivity contribution in [2.75, 3.05) is 0 Å². The zero-order valence-corrected chi connectivity index (χ0v) is 9.90. The van der Waals surface area contributed by atoms with Crippen molar-refractivity contribution in [1.82, 2.24) is 14.9 Å². The van der Waals surface area contributed by atoms with Crippen LogP contribution in [0, 0.1) is 0 Å². The summed E-state index contributed by atoms with van der Waals surface area (Å²) >= 11 is 1.11. The van der Waals surface area contributed by atoms with Crippen LogP contribution in [-0.2, 0) is 0 Å². The van der Waals surface area contributed by atoms with Crippen molar-refractivity contribution in [3.8, 4) is 0 Å². The molecule has 1 aromatic rings. The van der Waals surface area contributed by atoms with E-state index in [4.69, 9.17) is 10.9 Å². The summed E-state index contributed by atoms with van der Waals surface area (Å²) in [4.78, 5) is 11.9. The van der Waals surface area contributed by atoms with Crippen LogP contribution in [0.4, 0.5) is 0 Å². The summed E-state index contributed by atoms with van der Waals surface area (Å²) in [5.41, 5.74) is 5.18. The number of nitrogens with two attached hydrogens (primary N) is 1. The topological polar surface area (TPSA) is 113 Å². The molecule has 1 heterocycles. The molecule has 1 aromatic heterocycles. The van der Waals surface area contributed by atoms with E-state index in [2.05, 4.69) is 20.1 Å². The fraction of sp³-hybridized carbons (Fsp3) is 0.556. The molecule has 1 aliphatic carbocycles. The van der Waals surface area contributed by atoms with Crippen molar-refractivity contribution < 1.29 is 10.0 Å². The summed E-state index contributed by atoms with van der Waals surface area (Å²) in [5, 5.41) is 19.9. The highest BCUT2D eigenvalue weighted by Crippen LogP contribution is 2.30. The zero-order chi connectivity index (χ0) is 12.3. The van der Waals surface area contributed by atoms with Gasteiger partial charge in [-0.25, -0.2) is 0 Å². The fourth-order valence-corrected chi connectivity index (χ4v) is 2.50. The molecule has 0 bridgehead atoms. The Bertz CT molecular complexity index is 425. The van der Waals surface area contributed by atoms with Crippen LogP contribution in [0.25, 0.3) is 0 Å². The lowest BCUT2D eigenvalue weighted by Crippen LogP contribution is -2.55. The number of hydrogen-bond donors (Lipinski definition) is 3. The molecule has 1 saturated carbocycles. The number of carbonyl (C=O) groups excluding carboxylic acids is 1. The molecule has 1 fully saturated rings. The maximum atomic E-state index is 11.9. The van der Waals surface area contributed by atoms with E-state index in [-0.39, 0.29) is 17.4 Å². The Kier molecular flexibility index (Phi) is 3.23. The Labute approximate surface area is 102 Å². The summed E-state index contributed by atoms with van der Waals surface area (Å²) in [6.45, 7) is 0. The molecular formula is C9H13N5O2S. The number of amides is 1. The lowest BCUT2D eigenvalue weighted by Gasteiger charge is -2.28. The molecule has 0 unspecified atom stereocenters. The molecule has 1 amide bonds. The van der Waals surface area contributed by atoms with Gasteiger partial charge in [0.05, 0.1) is 0 Å². The third-order valence-corrected chi connectivity index (χ3v) is 3.51. The van der Waals surface area contributed by atoms with Gasteiger partial charge in [0.25, 0.3) is 5.91 Å². The van der Waals surface area contributed by atoms with Crippen LogP contribution in [0.3, 0.4) is 0 Å². The van der Waals surface area contributed by atoms with Crippen LogP contribution in [0.1, 0.15) is 36.2 Å². The standard InChI is InChI=1S/C9H13N5O2S/c10-8(13-16)9(3-1-2-4-9)11-7(15)6-5-17-14-12-6/h5,16H,1-4H2,(H2,10,13)(H,11,15). The highest BCUT2D eigenvalue weighted by atomic mass is 32.1. The molecule has 7 nitrogen and oxygen atoms in total. The summed E-state index contributed by atoms with van der Waals surface area (Å²) in [5.74, 6) is -0.293. The Balaban J connectivity index is 2.17. The first-order valence-corrected chi connectivity index (χ1v) is 6.09. The fourth-order valence-electron chi connectivity index (χ4n) is 2.06. The van der Waals surface area contributed by atoms with Gasteiger partial charge < -0.3 is 16.3 Å². The number of hydrogen-bond acceptors (Lipinski definition) is 6. The highest BCUT2D eigenvalue weighted by molar-refractivity contribution is 7.03. The molecule has 0 aliphatic heterocycles. The van der Waals surface area contributed by atoms with E-state index in [9.17, 15) is 4.79 Å². The minimum atomic E-state index is -0.741. The molecule has 2 rings (SSSR count). The van der Waals surface area contributed by atoms with E-state index in [0.717, 1.165) is 24.4 Å². The van der Waals surface area contributed by atoms with E-state index in [1.54, 1.807) is 5.38 Å². The number of nitrogens with one attached hydrogen (secondary N) is 1. The number of rotatable bonds is 3. The molecular weight excluding hydrogens is 242 g/mol. The third-order valence-electron chi connectivity index (χ3n) is 3.00. The normalized spacial score (nSPS) is 19.2. The van der Waals surface area contributed by atoms with Crippen molar-refractivity contribution in [2.24, 2.45) is 10.9 Å². The number of carbonyl (C=O) groups is 1. The second-order valence-electron chi connectivity index (χ2n) is 4.02. The zero-order valence-electron chi connectivity index (χ0n) is 9.09. The third kappa shape index (κ3) is 2.21. The van der Waals surface area contributed by atoms with Crippen LogP contribution in [0.15, 0.2) is 10.5 Å². The van der Waals surface area contributed by atoms with Crippen molar-refractivity contribution in [1.29, 1.82) is 0 Å². The second kappa shape index (κ2) is 4.66. The molecule has 0 spiro atoms. The SMILES string of the molecule is NC(=NO)C1(NC(=O)c2csnn2)CCCC1. The molecule has 92 valence electrons. The predicted molar refractivity (Wildman–Crippen MR) is 62.0 cm³/mol. The second-order valence-corrected chi connectivity index (χ2v) is 4.63. The Hall–Kier alpha value is -1.70. The maximum Gasteiger partial charge on any atom is 0.273 e. The molecule has 17 heavy (non-hydrogen) atoms. The van der Waals surface area contributed by atoms with Crippen LogP contribution < -0.4 is 11.1 Å². The first kappa shape index (κ1) is 11.8. The van der Waals surface area contributed by atoms with E-state index in [1.165, 1.54) is 0 Å². The van der Waals surface area contributed by atoms with Crippen LogP contribution in [-0.4, -0.2) is 32.1 Å². The van der Waals surface area contributed by atoms with Gasteiger partial charge in [-0.3, -0.25) is 4.79 Å². The Morgan fingerprint density at radius 3 is 2.82 bits per heavy atom. The first-order valence-electron chi connectivity index (χ1n) is 5.25. The van der Waals surface area contributed by atoms with Gasteiger partial charge in [0.2, 0.25) is 0 Å². The highest BCUT2D eigenvalue weighted by Gasteiger charge is 2.40. The van der Waals surface area contributed by atoms with Crippen LogP contribution >= 0.6 is 11.5 Å². The molecule has 0 atom stereocenters. The Morgan fingerprint density at radius 2 is 2.29 bits per heavy atom. The van der Waals surface area contributed by atoms with Gasteiger partial charge in [0.1, 0.15) is 5.54 Å². The molecule has 0 radical (unpaired) electrons. The van der Waals surface area contributed by atoms with Crippen LogP contribution in [0.5, 0.6) is 0 Å². The van der Waals surface area contributed by atoms with Gasteiger partial charge in [-0.2, -0.15) is 0 Å². The molecule has 8 heteroatoms. The largest absolute Gasteiger partial charge is 0.409 e. The van der Waals surface area contributed by atoms with E-state index >= 15 is 0 Å². The van der Waals surface area contributed by atoms with E-state index in [1.807, 2.05) is 0 Å². The maximum absolute atomic E-state index is 11.9. The van der Waals surface area contributed by atoms with Gasteiger partial charge in [-0.1, -0.05) is 22.5 Å². The minimum Gasteiger partial charge on any atom is -0.409 e. The number of amidine groups is 1. The molecule has 0 saturated heterocycles. The minimum absolute atomic E-state index is 0.0477. The van der Waals surface area contributed by atoms with Gasteiger partial charge in [0, 0.05) is 5.38 Å². The number of oxime groups is 1. The van der Waals surface area contributed by atoms with E-state index < -0.39 is 5.54 Å². The Morgan fingerprint density at radius 1 is 1.59 bits per heavy atom. The van der Waals surface area contributed by atoms with Gasteiger partial charge in [-0.15, -0.1) is 5.10 Å². The average molecular weight is 255 g/mol. The summed E-state index contributed by atoms with van der Waals surface area (Å²) in [6.07, 6.45) is 3.22. The molecule has 1 aliphatic rings. The lowest BCUT2D eigenvalue weighted by atomic mass is 9.96. The summed E-state index contributed by atoms with van der Waals surface area (Å²) < 4.78 is 3.63. The van der Waals surface area contributed by atoms with Gasteiger partial charge in [-0.05, 0) is 24.4 Å². The summed E-state index contributed by atoms with van der Waals surface area (Å²) in [7, 11) is 0. The van der Waals surface area contributed by atoms with E-state index in [0.29, 0.717) is 12.8 Å². The average Bonchev–Trinajstić information content (AvgIpc) is 2.99. The van der Waals surface area contributed by atoms with Crippen LogP contribution in [0.2, 0.25) is 0 Å². The first-order chi connectivity index (χ1) is 8.18. The van der Waals surface area contributed by atoms with Crippen molar-refractivity contribution in [3.63, 3.8) is 0 Å². The molecule has 4 N–H and O–H groups in total. The smallest absolute Gasteiger partial charge is 0.273 e. The van der Waals surface area contributed by atoms with Gasteiger partial charge in [0.15, 0.2) is 11.5 Å². The lowest BCUT2D eigenvalue weighted by molar-refractivity contribution is 0.0917.